The minimum Gasteiger partial charge on any atom is -0.379 e. The van der Waals surface area contributed by atoms with Gasteiger partial charge in [-0.1, -0.05) is 42.5 Å². The van der Waals surface area contributed by atoms with E-state index in [1.807, 2.05) is 154 Å². The molecule has 0 saturated carbocycles. The van der Waals surface area contributed by atoms with E-state index in [-0.39, 0.29) is 40.7 Å². The molecule has 48 heteroatoms. The van der Waals surface area contributed by atoms with Crippen molar-refractivity contribution in [1.29, 1.82) is 0 Å². The molecule has 7 fully saturated rings. The zero-order valence-electron chi connectivity index (χ0n) is 84.2. The molecule has 0 bridgehead atoms. The van der Waals surface area contributed by atoms with Crippen molar-refractivity contribution >= 4 is 162 Å². The summed E-state index contributed by atoms with van der Waals surface area (Å²) in [5.74, 6) is 9.55. The minimum atomic E-state index is -2.47. The molecule has 7 aliphatic heterocycles. The number of aryl methyl sites for hydroxylation is 4. The second-order valence-electron chi connectivity index (χ2n) is 37.6. The van der Waals surface area contributed by atoms with E-state index in [1.54, 1.807) is 93.4 Å². The van der Waals surface area contributed by atoms with E-state index in [1.165, 1.54) is 0 Å². The van der Waals surface area contributed by atoms with Crippen molar-refractivity contribution < 1.29 is 54.2 Å². The van der Waals surface area contributed by atoms with Gasteiger partial charge in [0.25, 0.3) is 0 Å². The number of anilines is 5. The highest BCUT2D eigenvalue weighted by Crippen LogP contribution is 2.36. The molecule has 4 aromatic carbocycles. The van der Waals surface area contributed by atoms with E-state index in [0.717, 1.165) is 134 Å². The fourth-order valence-electron chi connectivity index (χ4n) is 17.4. The van der Waals surface area contributed by atoms with Crippen LogP contribution in [0.4, 0.5) is 58.2 Å². The lowest BCUT2D eigenvalue weighted by atomic mass is 10.2. The summed E-state index contributed by atoms with van der Waals surface area (Å²) in [6.07, 6.45) is 19.8. The third kappa shape index (κ3) is 24.0. The van der Waals surface area contributed by atoms with Gasteiger partial charge in [0.15, 0.2) is 34.7 Å². The number of ether oxygens (including phenoxy) is 7. The van der Waals surface area contributed by atoms with Gasteiger partial charge >= 0.3 is 0 Å². The second-order valence-corrected chi connectivity index (χ2v) is 50.4. The summed E-state index contributed by atoms with van der Waals surface area (Å²) in [5.41, 5.74) is 10.8. The Morgan fingerprint density at radius 3 is 0.993 bits per heavy atom. The van der Waals surface area contributed by atoms with Crippen LogP contribution < -0.4 is 24.5 Å². The molecule has 0 N–H and O–H groups in total. The Morgan fingerprint density at radius 2 is 0.628 bits per heavy atom. The highest BCUT2D eigenvalue weighted by Gasteiger charge is 2.34. The molecule has 15 aromatic rings. The molecule has 7 aliphatic rings. The van der Waals surface area contributed by atoms with Crippen LogP contribution in [0.15, 0.2) is 174 Å². The molecule has 0 spiro atoms. The number of morpholine rings is 5. The fourth-order valence-corrected chi connectivity index (χ4v) is 21.7. The summed E-state index contributed by atoms with van der Waals surface area (Å²) >= 11 is 0. The van der Waals surface area contributed by atoms with Crippen molar-refractivity contribution in [1.82, 2.24) is 103 Å². The molecule has 18 heterocycles. The molecule has 43 nitrogen and oxygen atoms in total. The zero-order chi connectivity index (χ0) is 102. The number of fused-ring (bicyclic) bond motifs is 5. The van der Waals surface area contributed by atoms with Crippen LogP contribution in [0.5, 0.6) is 0 Å². The third-order valence-electron chi connectivity index (χ3n) is 25.0. The molecule has 11 aromatic heterocycles. The number of imidazole rings is 5. The van der Waals surface area contributed by atoms with E-state index < -0.39 is 48.6 Å². The molecular weight excluding hydrogens is 1950 g/mol. The van der Waals surface area contributed by atoms with Crippen LogP contribution in [0.1, 0.15) is 57.4 Å². The molecule has 22 rings (SSSR count). The van der Waals surface area contributed by atoms with Crippen molar-refractivity contribution in [2.24, 2.45) is 21.8 Å². The van der Waals surface area contributed by atoms with Crippen molar-refractivity contribution in [3.63, 3.8) is 0 Å². The van der Waals surface area contributed by atoms with Crippen LogP contribution in [0, 0.1) is 27.7 Å². The van der Waals surface area contributed by atoms with Gasteiger partial charge in [-0.3, -0.25) is 22.8 Å². The lowest BCUT2D eigenvalue weighted by Gasteiger charge is -2.34. The maximum absolute atomic E-state index is 13.1. The van der Waals surface area contributed by atoms with Crippen molar-refractivity contribution in [2.45, 2.75) is 103 Å². The van der Waals surface area contributed by atoms with Gasteiger partial charge in [-0.05, 0) is 128 Å². The van der Waals surface area contributed by atoms with Gasteiger partial charge in [-0.25, -0.2) is 50.9 Å². The van der Waals surface area contributed by atoms with Crippen LogP contribution in [0.3, 0.4) is 0 Å². The predicted octanol–water partition coefficient (Wildman–Crippen LogP) is 12.2. The van der Waals surface area contributed by atoms with Gasteiger partial charge in [0.1, 0.15) is 59.7 Å². The third-order valence-corrected chi connectivity index (χ3v) is 31.0. The molecule has 7 saturated heterocycles. The fraction of sp³-hybridized carbons (Fsp3) is 0.443. The van der Waals surface area contributed by atoms with E-state index in [9.17, 15) is 21.0 Å². The summed E-state index contributed by atoms with van der Waals surface area (Å²) in [5, 5.41) is -0.147. The number of para-hydroxylation sites is 5. The van der Waals surface area contributed by atoms with Crippen LogP contribution in [0.25, 0.3) is 85.0 Å². The predicted molar refractivity (Wildman–Crippen MR) is 566 cm³/mol. The quantitative estimate of drug-likeness (QED) is 0.0817. The van der Waals surface area contributed by atoms with Crippen LogP contribution in [-0.2, 0) is 81.8 Å². The Bertz CT molecular complexity index is 7830. The maximum atomic E-state index is 13.1. The molecule has 766 valence electrons. The first-order valence-corrected chi connectivity index (χ1v) is 58.6. The molecule has 0 radical (unpaired) electrons. The Labute approximate surface area is 843 Å². The lowest BCUT2D eigenvalue weighted by Crippen LogP contribution is -2.44. The number of nitrogens with zero attached hydrogens (tertiary/aromatic N) is 31. The summed E-state index contributed by atoms with van der Waals surface area (Å²) in [6.45, 7) is 30.2. The summed E-state index contributed by atoms with van der Waals surface area (Å²) in [7, 11) is -12.0. The monoisotopic (exact) mass is 2070 g/mol. The lowest BCUT2D eigenvalue weighted by molar-refractivity contribution is 0.0430. The molecule has 7 atom stereocenters. The molecule has 1 unspecified atom stereocenters. The molecular formula is C97H121N31O12S5. The number of hydrogen-bond donors (Lipinski definition) is 0. The van der Waals surface area contributed by atoms with Gasteiger partial charge < -0.3 is 57.7 Å². The summed E-state index contributed by atoms with van der Waals surface area (Å²) in [4.78, 5) is 84.9. The van der Waals surface area contributed by atoms with Crippen molar-refractivity contribution in [3.05, 3.63) is 175 Å². The van der Waals surface area contributed by atoms with E-state index in [0.29, 0.717) is 157 Å². The van der Waals surface area contributed by atoms with Crippen molar-refractivity contribution in [3.8, 4) is 29.7 Å². The van der Waals surface area contributed by atoms with E-state index in [4.69, 9.17) is 63.1 Å². The molecule has 0 amide bonds. The maximum Gasteiger partial charge on any atom is 0.239 e. The van der Waals surface area contributed by atoms with E-state index >= 15 is 0 Å². The minimum absolute atomic E-state index is 0.0734. The van der Waals surface area contributed by atoms with Crippen molar-refractivity contribution in [2.75, 3.05) is 200 Å². The highest BCUT2D eigenvalue weighted by molar-refractivity contribution is 7.94. The second kappa shape index (κ2) is 43.1. The summed E-state index contributed by atoms with van der Waals surface area (Å²) in [6, 6.07) is 41.4. The number of rotatable bonds is 17. The van der Waals surface area contributed by atoms with Gasteiger partial charge in [0.05, 0.1) is 202 Å². The topological polar surface area (TPSA) is 459 Å². The van der Waals surface area contributed by atoms with Crippen LogP contribution in [0.2, 0.25) is 0 Å². The average molecular weight is 2070 g/mol. The highest BCUT2D eigenvalue weighted by atomic mass is 32.2. The first-order chi connectivity index (χ1) is 69.4. The van der Waals surface area contributed by atoms with Crippen LogP contribution in [-0.4, -0.2) is 340 Å². The smallest absolute Gasteiger partial charge is 0.239 e. The number of hydrogen-bond acceptors (Lipinski definition) is 38. The first-order valence-electron chi connectivity index (χ1n) is 47.7. The Balaban J connectivity index is 0.000000119. The Kier molecular flexibility index (Phi) is 30.4. The van der Waals surface area contributed by atoms with Gasteiger partial charge in [-0.2, -0.15) is 71.7 Å². The molecule has 145 heavy (non-hydrogen) atoms. The largest absolute Gasteiger partial charge is 0.379 e. The molecule has 0 aliphatic carbocycles. The zero-order valence-corrected chi connectivity index (χ0v) is 88.3. The van der Waals surface area contributed by atoms with Gasteiger partial charge in [0.2, 0.25) is 29.7 Å². The normalized spacial score (nSPS) is 19.5. The standard InChI is InChI=1S/2C20H24N6O3S.C20H26N6O2S.C19H24N6O2S.C18H23N7O2S/c2*1-14-10-28-8-7-25(14)19-9-18(24-30(2,27)15-11-29-12-15)22-20(23-19)26-13-21-16-5-3-4-6-17(16)26;1-13-7-6-8-16-19(13)21-15(3)26(16)20-22-17(24-29(4,5)27)11-18(23-20)25-9-10-28-12-14(25)2;1-13-5-6-15-16(9-13)25(12-20-15)19-21-17(23-28(3,4)26)10-18(22-19)24-7-8-27-11-14(24)2;1-12-11-27-9-8-24(12)16-10-15(23-28(3,4)26)21-18(22-16)25-13(2)20-17-14(25)6-5-7-19-17/h2*3-6,9,13-15H,7-8,10-12H2,1-2H3;6-8,11,14H,9-10,12H2,1-5H3;5-6,9-10,12,14H,7-8,11H2,1-4H3;5-7,10,12H,8-9,11H2,1-4H3/t14-,30?;14-,30-;2*14-;12-/m11111/s1. The summed E-state index contributed by atoms with van der Waals surface area (Å²) < 4.78 is 133. The Morgan fingerprint density at radius 1 is 0.303 bits per heavy atom. The Hall–Kier alpha value is -12.8. The number of aromatic nitrogens is 21. The van der Waals surface area contributed by atoms with Gasteiger partial charge in [0, 0.05) is 148 Å². The van der Waals surface area contributed by atoms with Crippen LogP contribution >= 0.6 is 0 Å². The van der Waals surface area contributed by atoms with E-state index in [2.05, 4.69) is 137 Å². The SMILES string of the molecule is C[C@@H]1COCCN1c1cc(N=S(C)(=O)C2COC2)nc(-n2cnc3ccccc32)n1.C[C@@H]1COCCN1c1cc(N=[S@](C)(=O)C2COC2)nc(-n2cnc3ccccc32)n1.Cc1ccc2ncn(-c3nc(N=S(C)(C)=O)cc(N4CCOC[C@H]4C)n3)c2c1.Cc1cccc2c1nc(C)n2-c1nc(N=S(C)(C)=O)cc(N2CCOC[C@H]2C)n1.Cc1nc2ncccc2n1-c1nc(N=S(C)(C)=O)cc(N2CCOC[C@H]2C)n1. The number of benzene rings is 4. The number of pyridine rings is 1. The average Bonchev–Trinajstić information content (AvgIpc) is 1.72. The van der Waals surface area contributed by atoms with Gasteiger partial charge in [-0.15, -0.1) is 0 Å². The first kappa shape index (κ1) is 102.